The summed E-state index contributed by atoms with van der Waals surface area (Å²) in [6.07, 6.45) is 0. The molecule has 0 saturated carbocycles. The summed E-state index contributed by atoms with van der Waals surface area (Å²) in [5.41, 5.74) is 1.31. The molecule has 0 aliphatic rings. The number of hydrogen-bond donors (Lipinski definition) is 1. The van der Waals surface area contributed by atoms with Crippen molar-refractivity contribution in [3.8, 4) is 5.75 Å². The van der Waals surface area contributed by atoms with Gasteiger partial charge in [-0.15, -0.1) is 0 Å². The van der Waals surface area contributed by atoms with Gasteiger partial charge in [-0.2, -0.15) is 0 Å². The van der Waals surface area contributed by atoms with E-state index in [1.54, 1.807) is 25.3 Å². The number of nitrogens with one attached hydrogen (secondary N) is 1. The number of fused-ring (bicyclic) bond motifs is 1. The zero-order valence-electron chi connectivity index (χ0n) is 11.4. The number of hydrogen-bond acceptors (Lipinski definition) is 4. The molecule has 0 aliphatic carbocycles. The Labute approximate surface area is 149 Å². The van der Waals surface area contributed by atoms with Crippen molar-refractivity contribution in [1.29, 1.82) is 0 Å². The number of aromatic nitrogens is 1. The van der Waals surface area contributed by atoms with Gasteiger partial charge in [-0.25, -0.2) is 4.98 Å². The lowest BCUT2D eigenvalue weighted by atomic mass is 10.2. The third kappa shape index (κ3) is 3.04. The van der Waals surface area contributed by atoms with Crippen LogP contribution < -0.4 is 10.1 Å². The van der Waals surface area contributed by atoms with Crippen LogP contribution in [0.4, 0.5) is 5.13 Å². The Kier molecular flexibility index (Phi) is 4.51. The summed E-state index contributed by atoms with van der Waals surface area (Å²) < 4.78 is 7.03. The molecule has 0 aliphatic heterocycles. The van der Waals surface area contributed by atoms with Crippen molar-refractivity contribution in [3.63, 3.8) is 0 Å². The van der Waals surface area contributed by atoms with Crippen LogP contribution in [0.1, 0.15) is 10.4 Å². The smallest absolute Gasteiger partial charge is 0.258 e. The highest BCUT2D eigenvalue weighted by molar-refractivity contribution is 14.1. The first-order valence-electron chi connectivity index (χ1n) is 6.28. The topological polar surface area (TPSA) is 51.2 Å². The Morgan fingerprint density at radius 3 is 2.91 bits per heavy atom. The highest BCUT2D eigenvalue weighted by atomic mass is 127. The van der Waals surface area contributed by atoms with Gasteiger partial charge < -0.3 is 4.74 Å². The van der Waals surface area contributed by atoms with E-state index in [1.165, 1.54) is 11.3 Å². The Morgan fingerprint density at radius 1 is 1.36 bits per heavy atom. The van der Waals surface area contributed by atoms with E-state index >= 15 is 0 Å². The van der Waals surface area contributed by atoms with Crippen LogP contribution >= 0.6 is 45.5 Å². The average Bonchev–Trinajstić information content (AvgIpc) is 2.89. The number of ether oxygens (including phenoxy) is 1. The molecule has 1 amide bonds. The van der Waals surface area contributed by atoms with E-state index in [0.29, 0.717) is 21.5 Å². The second kappa shape index (κ2) is 6.39. The molecule has 0 fully saturated rings. The number of para-hydroxylation sites is 1. The third-order valence-corrected chi connectivity index (χ3v) is 5.06. The van der Waals surface area contributed by atoms with E-state index in [9.17, 15) is 4.79 Å². The molecule has 0 unspecified atom stereocenters. The molecule has 22 heavy (non-hydrogen) atoms. The lowest BCUT2D eigenvalue weighted by Gasteiger charge is -2.04. The normalized spacial score (nSPS) is 10.7. The number of anilines is 1. The number of carbonyl (C=O) groups excluding carboxylic acids is 1. The molecule has 4 nitrogen and oxygen atoms in total. The summed E-state index contributed by atoms with van der Waals surface area (Å²) in [6.45, 7) is 0. The van der Waals surface area contributed by atoms with Gasteiger partial charge in [0.15, 0.2) is 5.13 Å². The van der Waals surface area contributed by atoms with Crippen molar-refractivity contribution in [2.24, 2.45) is 0 Å². The molecule has 0 bridgehead atoms. The molecule has 3 rings (SSSR count). The Balaban J connectivity index is 1.91. The molecule has 112 valence electrons. The number of amides is 1. The summed E-state index contributed by atoms with van der Waals surface area (Å²) in [5, 5.41) is 3.96. The standard InChI is InChI=1S/C15H10ClIN2O2S/c1-21-11-3-2-4-12-13(11)18-15(22-12)19-14(20)9-6-5-8(16)7-10(9)17/h2-7H,1H3,(H,18,19,20). The molecule has 1 heterocycles. The third-order valence-electron chi connectivity index (χ3n) is 3.00. The van der Waals surface area contributed by atoms with E-state index < -0.39 is 0 Å². The lowest BCUT2D eigenvalue weighted by Crippen LogP contribution is -2.13. The molecule has 1 aromatic heterocycles. The minimum Gasteiger partial charge on any atom is -0.494 e. The zero-order chi connectivity index (χ0) is 15.7. The molecule has 1 N–H and O–H groups in total. The molecule has 0 atom stereocenters. The summed E-state index contributed by atoms with van der Waals surface area (Å²) in [4.78, 5) is 16.8. The minimum absolute atomic E-state index is 0.209. The number of thiazole rings is 1. The molecule has 7 heteroatoms. The maximum absolute atomic E-state index is 12.4. The minimum atomic E-state index is -0.209. The number of nitrogens with zero attached hydrogens (tertiary/aromatic N) is 1. The second-order valence-electron chi connectivity index (χ2n) is 4.40. The van der Waals surface area contributed by atoms with Gasteiger partial charge in [0.1, 0.15) is 11.3 Å². The first-order valence-corrected chi connectivity index (χ1v) is 8.56. The van der Waals surface area contributed by atoms with Crippen molar-refractivity contribution in [2.45, 2.75) is 0 Å². The Hall–Kier alpha value is -1.38. The second-order valence-corrected chi connectivity index (χ2v) is 7.03. The molecule has 0 spiro atoms. The van der Waals surface area contributed by atoms with Crippen LogP contribution in [-0.4, -0.2) is 18.0 Å². The van der Waals surface area contributed by atoms with Gasteiger partial charge in [0.2, 0.25) is 0 Å². The number of halogens is 2. The predicted molar refractivity (Wildman–Crippen MR) is 98.3 cm³/mol. The van der Waals surface area contributed by atoms with E-state index in [-0.39, 0.29) is 5.91 Å². The fourth-order valence-electron chi connectivity index (χ4n) is 1.98. The summed E-state index contributed by atoms with van der Waals surface area (Å²) in [6, 6.07) is 10.8. The van der Waals surface area contributed by atoms with Crippen LogP contribution in [0.5, 0.6) is 5.75 Å². The molecule has 2 aromatic carbocycles. The van der Waals surface area contributed by atoms with Gasteiger partial charge in [-0.05, 0) is 52.9 Å². The van der Waals surface area contributed by atoms with Crippen LogP contribution in [0, 0.1) is 3.57 Å². The van der Waals surface area contributed by atoms with E-state index in [1.807, 2.05) is 18.2 Å². The number of carbonyl (C=O) groups is 1. The molecule has 0 saturated heterocycles. The molecule has 0 radical (unpaired) electrons. The quantitative estimate of drug-likeness (QED) is 0.590. The van der Waals surface area contributed by atoms with Crippen molar-refractivity contribution < 1.29 is 9.53 Å². The maximum Gasteiger partial charge on any atom is 0.258 e. The number of benzene rings is 2. The van der Waals surface area contributed by atoms with Gasteiger partial charge in [0.05, 0.1) is 17.4 Å². The van der Waals surface area contributed by atoms with Crippen LogP contribution in [0.3, 0.4) is 0 Å². The van der Waals surface area contributed by atoms with Gasteiger partial charge in [0, 0.05) is 8.59 Å². The predicted octanol–water partition coefficient (Wildman–Crippen LogP) is 4.82. The average molecular weight is 445 g/mol. The summed E-state index contributed by atoms with van der Waals surface area (Å²) >= 11 is 9.40. The highest BCUT2D eigenvalue weighted by Gasteiger charge is 2.14. The lowest BCUT2D eigenvalue weighted by molar-refractivity contribution is 0.102. The van der Waals surface area contributed by atoms with Gasteiger partial charge >= 0.3 is 0 Å². The van der Waals surface area contributed by atoms with Gasteiger partial charge in [-0.3, -0.25) is 10.1 Å². The van der Waals surface area contributed by atoms with Gasteiger partial charge in [-0.1, -0.05) is 29.0 Å². The van der Waals surface area contributed by atoms with E-state index in [0.717, 1.165) is 13.8 Å². The molecular weight excluding hydrogens is 435 g/mol. The van der Waals surface area contributed by atoms with Crippen molar-refractivity contribution in [2.75, 3.05) is 12.4 Å². The Morgan fingerprint density at radius 2 is 2.18 bits per heavy atom. The van der Waals surface area contributed by atoms with E-state index in [2.05, 4.69) is 32.9 Å². The van der Waals surface area contributed by atoms with Crippen molar-refractivity contribution in [1.82, 2.24) is 4.98 Å². The van der Waals surface area contributed by atoms with Crippen molar-refractivity contribution in [3.05, 3.63) is 50.6 Å². The molecular formula is C15H10ClIN2O2S. The van der Waals surface area contributed by atoms with Crippen LogP contribution in [0.15, 0.2) is 36.4 Å². The maximum atomic E-state index is 12.4. The molecule has 3 aromatic rings. The van der Waals surface area contributed by atoms with Crippen molar-refractivity contribution >= 4 is 66.8 Å². The van der Waals surface area contributed by atoms with E-state index in [4.69, 9.17) is 16.3 Å². The summed E-state index contributed by atoms with van der Waals surface area (Å²) in [5.74, 6) is 0.481. The van der Waals surface area contributed by atoms with Gasteiger partial charge in [0.25, 0.3) is 5.91 Å². The first kappa shape index (κ1) is 15.5. The fourth-order valence-corrected chi connectivity index (χ4v) is 3.97. The van der Waals surface area contributed by atoms with Crippen LogP contribution in [0.25, 0.3) is 10.2 Å². The Bertz CT molecular complexity index is 866. The first-order chi connectivity index (χ1) is 10.6. The van der Waals surface area contributed by atoms with Crippen LogP contribution in [-0.2, 0) is 0 Å². The number of methoxy groups -OCH3 is 1. The largest absolute Gasteiger partial charge is 0.494 e. The highest BCUT2D eigenvalue weighted by Crippen LogP contribution is 2.32. The number of rotatable bonds is 3. The van der Waals surface area contributed by atoms with Crippen LogP contribution in [0.2, 0.25) is 5.02 Å². The zero-order valence-corrected chi connectivity index (χ0v) is 15.1. The SMILES string of the molecule is COc1cccc2sc(NC(=O)c3ccc(Cl)cc3I)nc12. The monoisotopic (exact) mass is 444 g/mol. The summed E-state index contributed by atoms with van der Waals surface area (Å²) in [7, 11) is 1.60. The fraction of sp³-hybridized carbons (Fsp3) is 0.0667.